The topological polar surface area (TPSA) is 52.6 Å². The van der Waals surface area contributed by atoms with Gasteiger partial charge in [0.25, 0.3) is 0 Å². The predicted molar refractivity (Wildman–Crippen MR) is 87.7 cm³/mol. The predicted octanol–water partition coefficient (Wildman–Crippen LogP) is 4.07. The van der Waals surface area contributed by atoms with E-state index in [4.69, 9.17) is 9.47 Å². The highest BCUT2D eigenvalue weighted by Gasteiger charge is 2.17. The third-order valence-corrected chi connectivity index (χ3v) is 3.11. The molecule has 0 aliphatic carbocycles. The van der Waals surface area contributed by atoms with Crippen molar-refractivity contribution >= 4 is 18.0 Å². The summed E-state index contributed by atoms with van der Waals surface area (Å²) in [5.74, 6) is -0.947. The van der Waals surface area contributed by atoms with Crippen molar-refractivity contribution < 1.29 is 23.5 Å². The first-order chi connectivity index (χ1) is 11.5. The van der Waals surface area contributed by atoms with Crippen LogP contribution in [0, 0.1) is 5.82 Å². The number of ether oxygens (including phenoxy) is 2. The normalized spacial score (nSPS) is 12.0. The molecule has 2 aromatic carbocycles. The molecule has 24 heavy (non-hydrogen) atoms. The molecule has 0 saturated heterocycles. The largest absolute Gasteiger partial charge is 0.453 e. The van der Waals surface area contributed by atoms with Gasteiger partial charge in [-0.2, -0.15) is 0 Å². The van der Waals surface area contributed by atoms with E-state index in [0.29, 0.717) is 11.3 Å². The summed E-state index contributed by atoms with van der Waals surface area (Å²) < 4.78 is 23.4. The van der Waals surface area contributed by atoms with Crippen molar-refractivity contribution in [1.82, 2.24) is 0 Å². The van der Waals surface area contributed by atoms with E-state index in [1.807, 2.05) is 0 Å². The molecule has 124 valence electrons. The fourth-order valence-electron chi connectivity index (χ4n) is 2.12. The summed E-state index contributed by atoms with van der Waals surface area (Å²) in [6.45, 7) is 2.60. The SMILES string of the molecule is CC(=O)Oc1ccccc1C(/C=C/c1ccc(F)cc1)OC(C)=O. The smallest absolute Gasteiger partial charge is 0.308 e. The third-order valence-electron chi connectivity index (χ3n) is 3.11. The van der Waals surface area contributed by atoms with Gasteiger partial charge in [0.1, 0.15) is 17.7 Å². The van der Waals surface area contributed by atoms with Crippen LogP contribution in [0.25, 0.3) is 6.08 Å². The quantitative estimate of drug-likeness (QED) is 0.613. The van der Waals surface area contributed by atoms with Crippen molar-refractivity contribution in [3.8, 4) is 5.75 Å². The van der Waals surface area contributed by atoms with E-state index < -0.39 is 18.0 Å². The number of carbonyl (C=O) groups is 2. The lowest BCUT2D eigenvalue weighted by Gasteiger charge is -2.16. The Morgan fingerprint density at radius 3 is 2.29 bits per heavy atom. The van der Waals surface area contributed by atoms with Crippen LogP contribution < -0.4 is 4.74 Å². The number of para-hydroxylation sites is 1. The fourth-order valence-corrected chi connectivity index (χ4v) is 2.12. The van der Waals surface area contributed by atoms with Crippen molar-refractivity contribution in [3.05, 3.63) is 71.6 Å². The molecule has 0 aromatic heterocycles. The van der Waals surface area contributed by atoms with E-state index in [1.54, 1.807) is 48.6 Å². The Labute approximate surface area is 139 Å². The van der Waals surface area contributed by atoms with Crippen LogP contribution >= 0.6 is 0 Å². The minimum atomic E-state index is -0.733. The maximum absolute atomic E-state index is 13.0. The highest BCUT2D eigenvalue weighted by Crippen LogP contribution is 2.29. The molecule has 0 aliphatic heterocycles. The van der Waals surface area contributed by atoms with Crippen LogP contribution in [0.1, 0.15) is 31.1 Å². The van der Waals surface area contributed by atoms with E-state index in [1.165, 1.54) is 26.0 Å². The van der Waals surface area contributed by atoms with Gasteiger partial charge in [0.15, 0.2) is 0 Å². The molecule has 4 nitrogen and oxygen atoms in total. The molecule has 0 heterocycles. The van der Waals surface area contributed by atoms with Crippen molar-refractivity contribution in [3.63, 3.8) is 0 Å². The Morgan fingerprint density at radius 2 is 1.67 bits per heavy atom. The van der Waals surface area contributed by atoms with Gasteiger partial charge in [0, 0.05) is 19.4 Å². The number of hydrogen-bond acceptors (Lipinski definition) is 4. The zero-order valence-electron chi connectivity index (χ0n) is 13.4. The molecule has 5 heteroatoms. The van der Waals surface area contributed by atoms with Crippen LogP contribution in [0.15, 0.2) is 54.6 Å². The third kappa shape index (κ3) is 5.05. The van der Waals surface area contributed by atoms with Crippen LogP contribution in [0.2, 0.25) is 0 Å². The average molecular weight is 328 g/mol. The number of hydrogen-bond donors (Lipinski definition) is 0. The number of benzene rings is 2. The summed E-state index contributed by atoms with van der Waals surface area (Å²) >= 11 is 0. The molecule has 0 bridgehead atoms. The monoisotopic (exact) mass is 328 g/mol. The van der Waals surface area contributed by atoms with Gasteiger partial charge in [-0.3, -0.25) is 9.59 Å². The summed E-state index contributed by atoms with van der Waals surface area (Å²) in [6.07, 6.45) is 2.62. The van der Waals surface area contributed by atoms with Gasteiger partial charge < -0.3 is 9.47 Å². The lowest BCUT2D eigenvalue weighted by Crippen LogP contribution is -2.10. The number of carbonyl (C=O) groups excluding carboxylic acids is 2. The Kier molecular flexibility index (Phi) is 5.84. The molecule has 0 fully saturated rings. The molecule has 0 amide bonds. The Morgan fingerprint density at radius 1 is 1.00 bits per heavy atom. The molecule has 1 atom stereocenters. The molecular weight excluding hydrogens is 311 g/mol. The van der Waals surface area contributed by atoms with E-state index in [0.717, 1.165) is 5.56 Å². The lowest BCUT2D eigenvalue weighted by atomic mass is 10.1. The van der Waals surface area contributed by atoms with Crippen LogP contribution in [-0.2, 0) is 14.3 Å². The first-order valence-electron chi connectivity index (χ1n) is 7.34. The maximum atomic E-state index is 13.0. The molecule has 1 unspecified atom stereocenters. The zero-order valence-corrected chi connectivity index (χ0v) is 13.4. The number of rotatable bonds is 5. The van der Waals surface area contributed by atoms with Crippen molar-refractivity contribution in [2.45, 2.75) is 20.0 Å². The Bertz CT molecular complexity index is 750. The molecule has 0 N–H and O–H groups in total. The van der Waals surface area contributed by atoms with Crippen molar-refractivity contribution in [2.75, 3.05) is 0 Å². The van der Waals surface area contributed by atoms with Crippen molar-refractivity contribution in [2.24, 2.45) is 0 Å². The van der Waals surface area contributed by atoms with Gasteiger partial charge >= 0.3 is 11.9 Å². The number of halogens is 1. The first-order valence-corrected chi connectivity index (χ1v) is 7.34. The lowest BCUT2D eigenvalue weighted by molar-refractivity contribution is -0.144. The van der Waals surface area contributed by atoms with Gasteiger partial charge in [-0.15, -0.1) is 0 Å². The summed E-state index contributed by atoms with van der Waals surface area (Å²) in [5.41, 5.74) is 1.29. The molecule has 0 spiro atoms. The van der Waals surface area contributed by atoms with Gasteiger partial charge in [0.2, 0.25) is 0 Å². The second-order valence-electron chi connectivity index (χ2n) is 5.07. The van der Waals surface area contributed by atoms with Crippen molar-refractivity contribution in [1.29, 1.82) is 0 Å². The van der Waals surface area contributed by atoms with E-state index in [9.17, 15) is 14.0 Å². The van der Waals surface area contributed by atoms with Crippen LogP contribution in [0.4, 0.5) is 4.39 Å². The Balaban J connectivity index is 2.33. The van der Waals surface area contributed by atoms with Crippen LogP contribution in [0.5, 0.6) is 5.75 Å². The van der Waals surface area contributed by atoms with Gasteiger partial charge in [-0.1, -0.05) is 36.4 Å². The minimum Gasteiger partial charge on any atom is -0.453 e. The summed E-state index contributed by atoms with van der Waals surface area (Å²) in [6, 6.07) is 12.7. The van der Waals surface area contributed by atoms with E-state index >= 15 is 0 Å². The highest BCUT2D eigenvalue weighted by molar-refractivity contribution is 5.70. The molecule has 0 radical (unpaired) electrons. The van der Waals surface area contributed by atoms with Gasteiger partial charge in [-0.05, 0) is 29.8 Å². The number of esters is 2. The molecule has 2 aromatic rings. The summed E-state index contributed by atoms with van der Waals surface area (Å²) in [4.78, 5) is 22.6. The van der Waals surface area contributed by atoms with E-state index in [2.05, 4.69) is 0 Å². The molecule has 0 aliphatic rings. The summed E-state index contributed by atoms with van der Waals surface area (Å²) in [7, 11) is 0. The average Bonchev–Trinajstić information content (AvgIpc) is 2.53. The maximum Gasteiger partial charge on any atom is 0.308 e. The second kappa shape index (κ2) is 8.06. The molecule has 0 saturated carbocycles. The molecular formula is C19H17FO4. The fraction of sp³-hybridized carbons (Fsp3) is 0.158. The minimum absolute atomic E-state index is 0.319. The summed E-state index contributed by atoms with van der Waals surface area (Å²) in [5, 5.41) is 0. The Hall–Kier alpha value is -2.95. The second-order valence-corrected chi connectivity index (χ2v) is 5.07. The van der Waals surface area contributed by atoms with Crippen LogP contribution in [0.3, 0.4) is 0 Å². The van der Waals surface area contributed by atoms with E-state index in [-0.39, 0.29) is 5.82 Å². The van der Waals surface area contributed by atoms with Gasteiger partial charge in [-0.25, -0.2) is 4.39 Å². The van der Waals surface area contributed by atoms with Gasteiger partial charge in [0.05, 0.1) is 0 Å². The zero-order chi connectivity index (χ0) is 17.5. The highest BCUT2D eigenvalue weighted by atomic mass is 19.1. The first kappa shape index (κ1) is 17.4. The van der Waals surface area contributed by atoms with Crippen LogP contribution in [-0.4, -0.2) is 11.9 Å². The standard InChI is InChI=1S/C19H17FO4/c1-13(21)23-18-6-4-3-5-17(18)19(24-14(2)22)12-9-15-7-10-16(20)11-8-15/h3-12,19H,1-2H3/b12-9+. The molecule has 2 rings (SSSR count).